The van der Waals surface area contributed by atoms with E-state index in [0.717, 1.165) is 25.2 Å². The van der Waals surface area contributed by atoms with Gasteiger partial charge in [-0.25, -0.2) is 4.98 Å². The van der Waals surface area contributed by atoms with Crippen molar-refractivity contribution in [1.82, 2.24) is 14.5 Å². The van der Waals surface area contributed by atoms with Crippen molar-refractivity contribution in [3.05, 3.63) is 17.7 Å². The molecule has 4 nitrogen and oxygen atoms in total. The van der Waals surface area contributed by atoms with Crippen LogP contribution >= 0.6 is 0 Å². The summed E-state index contributed by atoms with van der Waals surface area (Å²) in [5.74, 6) is 0. The highest BCUT2D eigenvalue weighted by Gasteiger charge is 2.23. The molecule has 0 amide bonds. The van der Waals surface area contributed by atoms with E-state index < -0.39 is 0 Å². The highest BCUT2D eigenvalue weighted by molar-refractivity contribution is 5.20. The van der Waals surface area contributed by atoms with Gasteiger partial charge in [-0.05, 0) is 20.5 Å². The molecule has 1 atom stereocenters. The Morgan fingerprint density at radius 2 is 2.46 bits per heavy atom. The topological polar surface area (TPSA) is 47.1 Å². The molecule has 0 spiro atoms. The minimum atomic E-state index is 0.192. The van der Waals surface area contributed by atoms with Crippen LogP contribution in [0.25, 0.3) is 0 Å². The number of aryl methyl sites for hydroxylation is 1. The van der Waals surface area contributed by atoms with Crippen LogP contribution in [0.5, 0.6) is 0 Å². The number of nitrogens with two attached hydrogens (primary N) is 1. The molecule has 0 radical (unpaired) electrons. The first-order valence-corrected chi connectivity index (χ1v) is 4.62. The molecule has 0 saturated carbocycles. The summed E-state index contributed by atoms with van der Waals surface area (Å²) >= 11 is 0. The highest BCUT2D eigenvalue weighted by atomic mass is 15.1. The maximum absolute atomic E-state index is 5.99. The highest BCUT2D eigenvalue weighted by Crippen LogP contribution is 2.26. The Labute approximate surface area is 78.4 Å². The van der Waals surface area contributed by atoms with Gasteiger partial charge in [0.1, 0.15) is 0 Å². The van der Waals surface area contributed by atoms with Crippen molar-refractivity contribution >= 4 is 0 Å². The lowest BCUT2D eigenvalue weighted by molar-refractivity contribution is 0.395. The number of hydrogen-bond donors (Lipinski definition) is 1. The Hall–Kier alpha value is -0.870. The number of nitrogens with zero attached hydrogens (tertiary/aromatic N) is 3. The minimum Gasteiger partial charge on any atom is -0.333 e. The number of fused-ring (bicyclic) bond motifs is 1. The van der Waals surface area contributed by atoms with Crippen LogP contribution in [-0.2, 0) is 13.1 Å². The van der Waals surface area contributed by atoms with Gasteiger partial charge in [-0.15, -0.1) is 0 Å². The second-order valence-electron chi connectivity index (χ2n) is 3.90. The average Bonchev–Trinajstić information content (AvgIpc) is 2.56. The molecule has 4 heteroatoms. The number of hydrogen-bond acceptors (Lipinski definition) is 3. The lowest BCUT2D eigenvalue weighted by Gasteiger charge is -2.10. The van der Waals surface area contributed by atoms with Crippen LogP contribution in [0.2, 0.25) is 0 Å². The van der Waals surface area contributed by atoms with Gasteiger partial charge in [-0.1, -0.05) is 0 Å². The maximum atomic E-state index is 5.99. The third kappa shape index (κ3) is 1.47. The van der Waals surface area contributed by atoms with Crippen LogP contribution in [0.3, 0.4) is 0 Å². The molecule has 1 aromatic heterocycles. The monoisotopic (exact) mass is 180 g/mol. The standard InChI is InChI=1S/C9H16N4/c1-12(2)5-8-9-7(10)3-4-13(9)6-11-8/h6-7H,3-5,10H2,1-2H3. The van der Waals surface area contributed by atoms with E-state index in [4.69, 9.17) is 5.73 Å². The first-order valence-electron chi connectivity index (χ1n) is 4.62. The van der Waals surface area contributed by atoms with Crippen LogP contribution in [0.15, 0.2) is 6.33 Å². The molecule has 2 rings (SSSR count). The largest absolute Gasteiger partial charge is 0.333 e. The molecular formula is C9H16N4. The molecule has 2 N–H and O–H groups in total. The summed E-state index contributed by atoms with van der Waals surface area (Å²) in [4.78, 5) is 6.49. The Bertz CT molecular complexity index is 303. The zero-order valence-electron chi connectivity index (χ0n) is 8.20. The summed E-state index contributed by atoms with van der Waals surface area (Å²) in [7, 11) is 4.10. The van der Waals surface area contributed by atoms with Crippen molar-refractivity contribution < 1.29 is 0 Å². The normalized spacial score (nSPS) is 21.1. The van der Waals surface area contributed by atoms with Gasteiger partial charge in [0.25, 0.3) is 0 Å². The quantitative estimate of drug-likeness (QED) is 0.714. The van der Waals surface area contributed by atoms with E-state index in [0.29, 0.717) is 0 Å². The average molecular weight is 180 g/mol. The summed E-state index contributed by atoms with van der Waals surface area (Å²) in [6.45, 7) is 1.91. The van der Waals surface area contributed by atoms with E-state index in [1.165, 1.54) is 5.69 Å². The summed E-state index contributed by atoms with van der Waals surface area (Å²) < 4.78 is 2.17. The van der Waals surface area contributed by atoms with Crippen LogP contribution in [0, 0.1) is 0 Å². The summed E-state index contributed by atoms with van der Waals surface area (Å²) in [5.41, 5.74) is 8.35. The van der Waals surface area contributed by atoms with Gasteiger partial charge < -0.3 is 15.2 Å². The zero-order chi connectivity index (χ0) is 9.42. The first-order chi connectivity index (χ1) is 6.18. The predicted molar refractivity (Wildman–Crippen MR) is 51.2 cm³/mol. The fourth-order valence-corrected chi connectivity index (χ4v) is 1.87. The van der Waals surface area contributed by atoms with E-state index in [1.54, 1.807) is 0 Å². The van der Waals surface area contributed by atoms with Gasteiger partial charge in [0.15, 0.2) is 0 Å². The zero-order valence-corrected chi connectivity index (χ0v) is 8.20. The van der Waals surface area contributed by atoms with Crippen LogP contribution in [-0.4, -0.2) is 28.5 Å². The van der Waals surface area contributed by atoms with Gasteiger partial charge in [0, 0.05) is 19.1 Å². The number of imidazole rings is 1. The number of aromatic nitrogens is 2. The van der Waals surface area contributed by atoms with Gasteiger partial charge in [-0.3, -0.25) is 0 Å². The molecule has 0 bridgehead atoms. The van der Waals surface area contributed by atoms with E-state index in [2.05, 4.69) is 14.5 Å². The lowest BCUT2D eigenvalue weighted by Crippen LogP contribution is -2.15. The SMILES string of the molecule is CN(C)Cc1ncn2c1C(N)CC2. The number of rotatable bonds is 2. The predicted octanol–water partition coefficient (Wildman–Crippen LogP) is 0.348. The third-order valence-electron chi connectivity index (χ3n) is 2.46. The van der Waals surface area contributed by atoms with Crippen LogP contribution < -0.4 is 5.73 Å². The second kappa shape index (κ2) is 3.12. The van der Waals surface area contributed by atoms with Gasteiger partial charge in [0.2, 0.25) is 0 Å². The summed E-state index contributed by atoms with van der Waals surface area (Å²) in [6.07, 6.45) is 2.96. The van der Waals surface area contributed by atoms with E-state index in [9.17, 15) is 0 Å². The second-order valence-corrected chi connectivity index (χ2v) is 3.90. The molecule has 0 aromatic carbocycles. The Morgan fingerprint density at radius 3 is 3.15 bits per heavy atom. The van der Waals surface area contributed by atoms with Crippen molar-refractivity contribution in [2.45, 2.75) is 25.6 Å². The Balaban J connectivity index is 2.27. The first kappa shape index (κ1) is 8.72. The lowest BCUT2D eigenvalue weighted by atomic mass is 10.1. The fourth-order valence-electron chi connectivity index (χ4n) is 1.87. The molecule has 2 heterocycles. The summed E-state index contributed by atoms with van der Waals surface area (Å²) in [6, 6.07) is 0.192. The maximum Gasteiger partial charge on any atom is 0.0952 e. The third-order valence-corrected chi connectivity index (χ3v) is 2.46. The smallest absolute Gasteiger partial charge is 0.0952 e. The molecule has 0 fully saturated rings. The Kier molecular flexibility index (Phi) is 2.09. The molecule has 72 valence electrons. The van der Waals surface area contributed by atoms with Crippen molar-refractivity contribution in [3.8, 4) is 0 Å². The van der Waals surface area contributed by atoms with Crippen LogP contribution in [0.1, 0.15) is 23.9 Å². The molecule has 0 saturated heterocycles. The van der Waals surface area contributed by atoms with Crippen molar-refractivity contribution in [3.63, 3.8) is 0 Å². The molecule has 0 aliphatic carbocycles. The van der Waals surface area contributed by atoms with Crippen molar-refractivity contribution in [2.75, 3.05) is 14.1 Å². The molecule has 1 aliphatic heterocycles. The molecule has 1 unspecified atom stereocenters. The van der Waals surface area contributed by atoms with Gasteiger partial charge >= 0.3 is 0 Å². The van der Waals surface area contributed by atoms with Gasteiger partial charge in [-0.2, -0.15) is 0 Å². The molecular weight excluding hydrogens is 164 g/mol. The molecule has 1 aliphatic rings. The van der Waals surface area contributed by atoms with E-state index >= 15 is 0 Å². The Morgan fingerprint density at radius 1 is 1.69 bits per heavy atom. The van der Waals surface area contributed by atoms with Crippen molar-refractivity contribution in [2.24, 2.45) is 5.73 Å². The summed E-state index contributed by atoms with van der Waals surface area (Å²) in [5, 5.41) is 0. The van der Waals surface area contributed by atoms with Crippen molar-refractivity contribution in [1.29, 1.82) is 0 Å². The molecule has 1 aromatic rings. The van der Waals surface area contributed by atoms with E-state index in [-0.39, 0.29) is 6.04 Å². The molecule has 13 heavy (non-hydrogen) atoms. The van der Waals surface area contributed by atoms with E-state index in [1.807, 2.05) is 20.4 Å². The minimum absolute atomic E-state index is 0.192. The van der Waals surface area contributed by atoms with Crippen LogP contribution in [0.4, 0.5) is 0 Å². The fraction of sp³-hybridized carbons (Fsp3) is 0.667. The van der Waals surface area contributed by atoms with Gasteiger partial charge in [0.05, 0.1) is 17.7 Å².